The fourth-order valence-corrected chi connectivity index (χ4v) is 3.35. The van der Waals surface area contributed by atoms with E-state index in [1.54, 1.807) is 0 Å². The Morgan fingerprint density at radius 3 is 2.00 bits per heavy atom. The SMILES string of the molecule is O=C(O)N1CC2CN(C(=O)c3ccc(Br)cc3)CC2C1. The lowest BCUT2D eigenvalue weighted by Crippen LogP contribution is -2.35. The van der Waals surface area contributed by atoms with Crippen LogP contribution in [0.5, 0.6) is 0 Å². The fraction of sp³-hybridized carbons (Fsp3) is 0.429. The molecule has 0 aromatic heterocycles. The molecule has 2 unspecified atom stereocenters. The molecule has 2 fully saturated rings. The van der Waals surface area contributed by atoms with Crippen molar-refractivity contribution in [3.05, 3.63) is 34.3 Å². The maximum atomic E-state index is 12.4. The van der Waals surface area contributed by atoms with E-state index in [0.717, 1.165) is 4.47 Å². The van der Waals surface area contributed by atoms with E-state index in [9.17, 15) is 9.59 Å². The van der Waals surface area contributed by atoms with Gasteiger partial charge < -0.3 is 14.9 Å². The highest BCUT2D eigenvalue weighted by Gasteiger charge is 2.43. The molecule has 1 aromatic carbocycles. The molecule has 6 heteroatoms. The Bertz CT molecular complexity index is 532. The zero-order chi connectivity index (χ0) is 14.3. The summed E-state index contributed by atoms with van der Waals surface area (Å²) in [5.41, 5.74) is 0.684. The van der Waals surface area contributed by atoms with E-state index in [2.05, 4.69) is 15.9 Å². The molecule has 2 heterocycles. The van der Waals surface area contributed by atoms with Crippen LogP contribution in [0.4, 0.5) is 4.79 Å². The van der Waals surface area contributed by atoms with Crippen molar-refractivity contribution in [3.8, 4) is 0 Å². The van der Waals surface area contributed by atoms with Crippen LogP contribution < -0.4 is 0 Å². The Kier molecular flexibility index (Phi) is 3.41. The van der Waals surface area contributed by atoms with Gasteiger partial charge in [-0.2, -0.15) is 0 Å². The van der Waals surface area contributed by atoms with E-state index >= 15 is 0 Å². The average molecular weight is 339 g/mol. The number of carbonyl (C=O) groups is 2. The largest absolute Gasteiger partial charge is 0.465 e. The minimum atomic E-state index is -0.856. The third-order valence-electron chi connectivity index (χ3n) is 4.14. The highest BCUT2D eigenvalue weighted by Crippen LogP contribution is 2.31. The fourth-order valence-electron chi connectivity index (χ4n) is 3.09. The lowest BCUT2D eigenvalue weighted by molar-refractivity contribution is 0.0774. The quantitative estimate of drug-likeness (QED) is 0.853. The minimum absolute atomic E-state index is 0.0359. The van der Waals surface area contributed by atoms with Gasteiger partial charge in [0.05, 0.1) is 0 Å². The molecule has 3 rings (SSSR count). The van der Waals surface area contributed by atoms with Crippen molar-refractivity contribution in [2.75, 3.05) is 26.2 Å². The number of hydrogen-bond acceptors (Lipinski definition) is 2. The second-order valence-corrected chi connectivity index (χ2v) is 6.34. The van der Waals surface area contributed by atoms with Crippen molar-refractivity contribution in [1.82, 2.24) is 9.80 Å². The first-order valence-electron chi connectivity index (χ1n) is 6.57. The van der Waals surface area contributed by atoms with Gasteiger partial charge in [-0.25, -0.2) is 4.79 Å². The van der Waals surface area contributed by atoms with Crippen molar-refractivity contribution in [2.24, 2.45) is 11.8 Å². The van der Waals surface area contributed by atoms with Gasteiger partial charge >= 0.3 is 6.09 Å². The van der Waals surface area contributed by atoms with Gasteiger partial charge in [-0.15, -0.1) is 0 Å². The van der Waals surface area contributed by atoms with Gasteiger partial charge in [-0.3, -0.25) is 4.79 Å². The summed E-state index contributed by atoms with van der Waals surface area (Å²) in [7, 11) is 0. The predicted octanol–water partition coefficient (Wildman–Crippen LogP) is 2.13. The molecule has 0 spiro atoms. The summed E-state index contributed by atoms with van der Waals surface area (Å²) >= 11 is 3.35. The first-order chi connectivity index (χ1) is 9.54. The molecule has 0 radical (unpaired) electrons. The Balaban J connectivity index is 1.66. The standard InChI is InChI=1S/C14H15BrN2O3/c15-12-3-1-9(2-4-12)13(18)16-5-10-7-17(14(19)20)8-11(10)6-16/h1-4,10-11H,5-8H2,(H,19,20). The van der Waals surface area contributed by atoms with E-state index in [1.165, 1.54) is 4.90 Å². The number of amides is 2. The third kappa shape index (κ3) is 2.40. The topological polar surface area (TPSA) is 60.9 Å². The van der Waals surface area contributed by atoms with Crippen LogP contribution in [0.2, 0.25) is 0 Å². The Labute approximate surface area is 125 Å². The van der Waals surface area contributed by atoms with Gasteiger partial charge in [0.15, 0.2) is 0 Å². The molecule has 2 aliphatic heterocycles. The number of likely N-dealkylation sites (tertiary alicyclic amines) is 2. The van der Waals surface area contributed by atoms with E-state index in [1.807, 2.05) is 29.2 Å². The molecule has 0 bridgehead atoms. The number of rotatable bonds is 1. The number of nitrogens with zero attached hydrogens (tertiary/aromatic N) is 2. The molecule has 1 aromatic rings. The van der Waals surface area contributed by atoms with Crippen LogP contribution in [-0.4, -0.2) is 53.1 Å². The summed E-state index contributed by atoms with van der Waals surface area (Å²) in [5, 5.41) is 8.99. The van der Waals surface area contributed by atoms with Crippen LogP contribution in [0.25, 0.3) is 0 Å². The van der Waals surface area contributed by atoms with E-state index < -0.39 is 6.09 Å². The highest BCUT2D eigenvalue weighted by molar-refractivity contribution is 9.10. The molecular formula is C14H15BrN2O3. The van der Waals surface area contributed by atoms with E-state index in [0.29, 0.717) is 31.7 Å². The molecule has 2 amide bonds. The van der Waals surface area contributed by atoms with Gasteiger partial charge in [0, 0.05) is 48.1 Å². The zero-order valence-electron chi connectivity index (χ0n) is 10.8. The molecule has 20 heavy (non-hydrogen) atoms. The van der Waals surface area contributed by atoms with Crippen molar-refractivity contribution >= 4 is 27.9 Å². The van der Waals surface area contributed by atoms with Crippen molar-refractivity contribution < 1.29 is 14.7 Å². The van der Waals surface area contributed by atoms with Crippen molar-refractivity contribution in [2.45, 2.75) is 0 Å². The van der Waals surface area contributed by atoms with Gasteiger partial charge in [0.1, 0.15) is 0 Å². The monoisotopic (exact) mass is 338 g/mol. The normalized spacial score (nSPS) is 24.9. The van der Waals surface area contributed by atoms with Gasteiger partial charge in [0.25, 0.3) is 5.91 Å². The van der Waals surface area contributed by atoms with Crippen molar-refractivity contribution in [3.63, 3.8) is 0 Å². The zero-order valence-corrected chi connectivity index (χ0v) is 12.4. The van der Waals surface area contributed by atoms with Crippen LogP contribution >= 0.6 is 15.9 Å². The lowest BCUT2D eigenvalue weighted by Gasteiger charge is -2.20. The van der Waals surface area contributed by atoms with Gasteiger partial charge in [-0.1, -0.05) is 15.9 Å². The number of benzene rings is 1. The molecule has 106 valence electrons. The second-order valence-electron chi connectivity index (χ2n) is 5.42. The molecule has 5 nitrogen and oxygen atoms in total. The Morgan fingerprint density at radius 1 is 1.00 bits per heavy atom. The lowest BCUT2D eigenvalue weighted by atomic mass is 10.0. The molecule has 0 aliphatic carbocycles. The summed E-state index contributed by atoms with van der Waals surface area (Å²) in [4.78, 5) is 26.6. The van der Waals surface area contributed by atoms with Crippen LogP contribution in [0.3, 0.4) is 0 Å². The summed E-state index contributed by atoms with van der Waals surface area (Å²) in [6.45, 7) is 2.40. The van der Waals surface area contributed by atoms with E-state index in [-0.39, 0.29) is 17.7 Å². The first-order valence-corrected chi connectivity index (χ1v) is 7.36. The first kappa shape index (κ1) is 13.4. The maximum absolute atomic E-state index is 12.4. The highest BCUT2D eigenvalue weighted by atomic mass is 79.9. The van der Waals surface area contributed by atoms with Crippen LogP contribution in [0, 0.1) is 11.8 Å². The van der Waals surface area contributed by atoms with Crippen LogP contribution in [-0.2, 0) is 0 Å². The van der Waals surface area contributed by atoms with Crippen LogP contribution in [0.15, 0.2) is 28.7 Å². The van der Waals surface area contributed by atoms with Crippen LogP contribution in [0.1, 0.15) is 10.4 Å². The number of carboxylic acid groups (broad SMARTS) is 1. The smallest absolute Gasteiger partial charge is 0.407 e. The second kappa shape index (κ2) is 5.09. The molecule has 1 N–H and O–H groups in total. The number of hydrogen-bond donors (Lipinski definition) is 1. The van der Waals surface area contributed by atoms with Gasteiger partial charge in [0.2, 0.25) is 0 Å². The Hall–Kier alpha value is -1.56. The summed E-state index contributed by atoms with van der Waals surface area (Å²) in [6, 6.07) is 7.33. The Morgan fingerprint density at radius 2 is 1.50 bits per heavy atom. The molecule has 2 aliphatic rings. The molecule has 2 atom stereocenters. The third-order valence-corrected chi connectivity index (χ3v) is 4.66. The predicted molar refractivity (Wildman–Crippen MR) is 76.6 cm³/mol. The number of carbonyl (C=O) groups excluding carboxylic acids is 1. The minimum Gasteiger partial charge on any atom is -0.465 e. The molecule has 0 saturated carbocycles. The van der Waals surface area contributed by atoms with E-state index in [4.69, 9.17) is 5.11 Å². The number of halogens is 1. The summed E-state index contributed by atoms with van der Waals surface area (Å²) < 4.78 is 0.949. The summed E-state index contributed by atoms with van der Waals surface area (Å²) in [6.07, 6.45) is -0.856. The molecular weight excluding hydrogens is 324 g/mol. The van der Waals surface area contributed by atoms with Gasteiger partial charge in [-0.05, 0) is 24.3 Å². The van der Waals surface area contributed by atoms with Crippen molar-refractivity contribution in [1.29, 1.82) is 0 Å². The average Bonchev–Trinajstić information content (AvgIpc) is 2.96. The maximum Gasteiger partial charge on any atom is 0.407 e. The molecule has 2 saturated heterocycles. The summed E-state index contributed by atoms with van der Waals surface area (Å²) in [5.74, 6) is 0.602. The number of fused-ring (bicyclic) bond motifs is 1.